The van der Waals surface area contributed by atoms with Crippen molar-refractivity contribution in [2.75, 3.05) is 0 Å². The molecule has 0 amide bonds. The Morgan fingerprint density at radius 2 is 1.38 bits per heavy atom. The molecule has 0 radical (unpaired) electrons. The van der Waals surface area contributed by atoms with Crippen LogP contribution in [-0.4, -0.2) is 3.21 Å². The molecule has 5 aromatic carbocycles. The summed E-state index contributed by atoms with van der Waals surface area (Å²) in [5, 5.41) is 5.42. The van der Waals surface area contributed by atoms with Crippen LogP contribution in [0.25, 0.3) is 38.8 Å². The first kappa shape index (κ1) is 29.0. The SMILES string of the molecule is C[C](C)=[Zr+2]([C]1=C2C(=CCc3ccc4ccccc4c32)C=C1)[CH]1C(c2cccc3ccccc23)=Cc2ccccc21.[Cl-].[Cl-]. The van der Waals surface area contributed by atoms with Crippen molar-refractivity contribution in [2.45, 2.75) is 23.9 Å². The van der Waals surface area contributed by atoms with Crippen LogP contribution in [0.5, 0.6) is 0 Å². The smallest absolute Gasteiger partial charge is 1.00 e. The molecule has 0 bridgehead atoms. The first-order valence-electron chi connectivity index (χ1n) is 14.3. The van der Waals surface area contributed by atoms with Crippen molar-refractivity contribution in [1.82, 2.24) is 0 Å². The maximum Gasteiger partial charge on any atom is -1.00 e. The molecular weight excluding hydrogens is 631 g/mol. The predicted molar refractivity (Wildman–Crippen MR) is 169 cm³/mol. The Morgan fingerprint density at radius 3 is 2.19 bits per heavy atom. The summed E-state index contributed by atoms with van der Waals surface area (Å²) in [4.78, 5) is 0. The zero-order chi connectivity index (χ0) is 26.8. The molecule has 1 atom stereocenters. The van der Waals surface area contributed by atoms with Crippen LogP contribution in [0.15, 0.2) is 130 Å². The van der Waals surface area contributed by atoms with Gasteiger partial charge in [0.1, 0.15) is 0 Å². The molecule has 0 aromatic heterocycles. The van der Waals surface area contributed by atoms with E-state index >= 15 is 0 Å². The molecule has 1 unspecified atom stereocenters. The number of halogens is 2. The molecule has 0 N–H and O–H groups in total. The van der Waals surface area contributed by atoms with Crippen LogP contribution in [0.2, 0.25) is 0 Å². The Morgan fingerprint density at radius 1 is 0.690 bits per heavy atom. The van der Waals surface area contributed by atoms with Crippen LogP contribution in [-0.2, 0) is 27.7 Å². The molecule has 0 heterocycles. The number of hydrogen-bond acceptors (Lipinski definition) is 0. The van der Waals surface area contributed by atoms with E-state index < -0.39 is 21.3 Å². The number of hydrogen-bond donors (Lipinski definition) is 0. The van der Waals surface area contributed by atoms with Crippen molar-refractivity contribution >= 4 is 42.0 Å². The Labute approximate surface area is 268 Å². The second-order valence-electron chi connectivity index (χ2n) is 11.4. The van der Waals surface area contributed by atoms with Gasteiger partial charge in [0.2, 0.25) is 0 Å². The van der Waals surface area contributed by atoms with Gasteiger partial charge in [-0.25, -0.2) is 0 Å². The molecule has 0 aliphatic heterocycles. The Kier molecular flexibility index (Phi) is 7.97. The van der Waals surface area contributed by atoms with Gasteiger partial charge in [-0.1, -0.05) is 0 Å². The maximum atomic E-state index is 2.52. The van der Waals surface area contributed by atoms with Crippen molar-refractivity contribution in [3.63, 3.8) is 0 Å². The van der Waals surface area contributed by atoms with Gasteiger partial charge in [-0.3, -0.25) is 0 Å². The van der Waals surface area contributed by atoms with E-state index in [1.807, 2.05) is 0 Å². The molecule has 3 heteroatoms. The van der Waals surface area contributed by atoms with E-state index in [2.05, 4.69) is 141 Å². The Hall–Kier alpha value is -3.09. The summed E-state index contributed by atoms with van der Waals surface area (Å²) in [6.07, 6.45) is 10.9. The molecule has 0 saturated carbocycles. The third kappa shape index (κ3) is 4.50. The average Bonchev–Trinajstić information content (AvgIpc) is 3.59. The molecule has 3 aliphatic carbocycles. The van der Waals surface area contributed by atoms with Gasteiger partial charge in [-0.15, -0.1) is 0 Å². The molecule has 8 rings (SSSR count). The zero-order valence-corrected chi connectivity index (χ0v) is 27.6. The summed E-state index contributed by atoms with van der Waals surface area (Å²) in [6.45, 7) is 4.85. The second kappa shape index (κ2) is 11.5. The monoisotopic (exact) mass is 658 g/mol. The van der Waals surface area contributed by atoms with Crippen molar-refractivity contribution in [3.8, 4) is 0 Å². The molecular formula is C39H30Cl2Zr. The molecule has 42 heavy (non-hydrogen) atoms. The molecule has 0 saturated heterocycles. The van der Waals surface area contributed by atoms with Gasteiger partial charge >= 0.3 is 245 Å². The average molecular weight is 661 g/mol. The fraction of sp³-hybridized carbons (Fsp3) is 0.103. The largest absolute Gasteiger partial charge is 1.00 e. The van der Waals surface area contributed by atoms with Crippen molar-refractivity contribution < 1.29 is 46.1 Å². The molecule has 0 spiro atoms. The van der Waals surface area contributed by atoms with E-state index in [1.165, 1.54) is 66.1 Å². The van der Waals surface area contributed by atoms with Crippen LogP contribution in [0.1, 0.15) is 45.3 Å². The van der Waals surface area contributed by atoms with Crippen molar-refractivity contribution in [1.29, 1.82) is 0 Å². The zero-order valence-electron chi connectivity index (χ0n) is 23.7. The first-order valence-corrected chi connectivity index (χ1v) is 18.2. The second-order valence-corrected chi connectivity index (χ2v) is 18.6. The molecule has 204 valence electrons. The van der Waals surface area contributed by atoms with Crippen molar-refractivity contribution in [3.05, 3.63) is 158 Å². The Bertz CT molecular complexity index is 2040. The molecule has 0 fully saturated rings. The summed E-state index contributed by atoms with van der Waals surface area (Å²) in [7, 11) is 0. The van der Waals surface area contributed by atoms with E-state index in [4.69, 9.17) is 0 Å². The minimum Gasteiger partial charge on any atom is -1.00 e. The van der Waals surface area contributed by atoms with Crippen LogP contribution in [0.4, 0.5) is 0 Å². The summed E-state index contributed by atoms with van der Waals surface area (Å²) in [6, 6.07) is 38.6. The van der Waals surface area contributed by atoms with Gasteiger partial charge in [-0.05, 0) is 0 Å². The van der Waals surface area contributed by atoms with Gasteiger partial charge in [0.15, 0.2) is 0 Å². The van der Waals surface area contributed by atoms with E-state index in [0.717, 1.165) is 6.42 Å². The molecule has 0 nitrogen and oxygen atoms in total. The van der Waals surface area contributed by atoms with Gasteiger partial charge in [0.25, 0.3) is 0 Å². The van der Waals surface area contributed by atoms with Gasteiger partial charge in [0, 0.05) is 0 Å². The predicted octanol–water partition coefficient (Wildman–Crippen LogP) is 3.89. The first-order chi connectivity index (χ1) is 19.7. The maximum absolute atomic E-state index is 2.52. The van der Waals surface area contributed by atoms with E-state index in [0.29, 0.717) is 3.63 Å². The molecule has 5 aromatic rings. The van der Waals surface area contributed by atoms with E-state index in [9.17, 15) is 0 Å². The minimum atomic E-state index is -2.50. The standard InChI is InChI=1S/C19H13.C17H11.C3H6.2ClH.Zr/c1-2-8-16-13-17(12-15(16)7-1)19-11-5-9-14-6-3-4-10-18(14)19;1-2-6-15-12(4-1)8-10-14-11-9-13-5-3-7-16(13)17(14)15;1-3-2;;;/h1-13H;1-6,8-10H,11H2;1-2H3;2*1H;/q;;;;;+2/p-2. The summed E-state index contributed by atoms with van der Waals surface area (Å²) >= 11 is -2.50. The Balaban J connectivity index is 0.00000158. The fourth-order valence-electron chi connectivity index (χ4n) is 7.23. The van der Waals surface area contributed by atoms with Crippen molar-refractivity contribution in [2.24, 2.45) is 0 Å². The quantitative estimate of drug-likeness (QED) is 0.276. The topological polar surface area (TPSA) is 0 Å². The van der Waals surface area contributed by atoms with Crippen LogP contribution in [0, 0.1) is 0 Å². The third-order valence-corrected chi connectivity index (χ3v) is 17.0. The van der Waals surface area contributed by atoms with Crippen LogP contribution in [0.3, 0.4) is 0 Å². The van der Waals surface area contributed by atoms with E-state index in [-0.39, 0.29) is 24.8 Å². The number of benzene rings is 5. The summed E-state index contributed by atoms with van der Waals surface area (Å²) < 4.78 is 3.75. The van der Waals surface area contributed by atoms with Gasteiger partial charge < -0.3 is 24.8 Å². The third-order valence-electron chi connectivity index (χ3n) is 8.94. The fourth-order valence-corrected chi connectivity index (χ4v) is 15.5. The minimum absolute atomic E-state index is 0. The summed E-state index contributed by atoms with van der Waals surface area (Å²) in [5.74, 6) is 0. The number of rotatable bonds is 3. The van der Waals surface area contributed by atoms with E-state index in [1.54, 1.807) is 6.49 Å². The van der Waals surface area contributed by atoms with Gasteiger partial charge in [0.05, 0.1) is 0 Å². The number of fused-ring (bicyclic) bond motifs is 7. The van der Waals surface area contributed by atoms with Gasteiger partial charge in [-0.2, -0.15) is 0 Å². The molecule has 3 aliphatic rings. The van der Waals surface area contributed by atoms with Crippen LogP contribution >= 0.6 is 0 Å². The normalized spacial score (nSPS) is 16.0. The van der Waals surface area contributed by atoms with Crippen LogP contribution < -0.4 is 24.8 Å². The number of allylic oxidation sites excluding steroid dienone is 7. The summed E-state index contributed by atoms with van der Waals surface area (Å²) in [5.41, 5.74) is 11.7.